The average molecular weight is 228 g/mol. The van der Waals surface area contributed by atoms with E-state index in [0.717, 1.165) is 28.9 Å². The molecule has 1 aromatic carbocycles. The first-order valence-electron chi connectivity index (χ1n) is 5.82. The maximum absolute atomic E-state index is 11.5. The van der Waals surface area contributed by atoms with Gasteiger partial charge in [0.15, 0.2) is 5.78 Å². The predicted molar refractivity (Wildman–Crippen MR) is 70.0 cm³/mol. The number of benzene rings is 1. The van der Waals surface area contributed by atoms with Crippen molar-refractivity contribution >= 4 is 22.4 Å². The fourth-order valence-corrected chi connectivity index (χ4v) is 1.98. The largest absolute Gasteiger partial charge is 0.338 e. The third-order valence-electron chi connectivity index (χ3n) is 2.93. The molecule has 0 aliphatic heterocycles. The van der Waals surface area contributed by atoms with Gasteiger partial charge in [0.1, 0.15) is 5.82 Å². The Morgan fingerprint density at radius 1 is 1.47 bits per heavy atom. The maximum atomic E-state index is 11.5. The lowest BCUT2D eigenvalue weighted by atomic mass is 10.1. The molecule has 2 rings (SSSR count). The minimum Gasteiger partial charge on any atom is -0.338 e. The summed E-state index contributed by atoms with van der Waals surface area (Å²) in [6.07, 6.45) is 2.97. The van der Waals surface area contributed by atoms with Crippen LogP contribution in [0.4, 0.5) is 0 Å². The lowest BCUT2D eigenvalue weighted by Gasteiger charge is -1.96. The normalized spacial score (nSPS) is 12.1. The number of para-hydroxylation sites is 1. The Balaban J connectivity index is 2.65. The number of carbonyl (C=O) groups is 1. The molecular weight excluding hydrogens is 212 g/mol. The molecular formula is C14H16N2O. The number of nitrogens with zero attached hydrogens (tertiary/aromatic N) is 1. The van der Waals surface area contributed by atoms with E-state index < -0.39 is 0 Å². The molecule has 17 heavy (non-hydrogen) atoms. The fourth-order valence-electron chi connectivity index (χ4n) is 1.98. The van der Waals surface area contributed by atoms with Crippen molar-refractivity contribution in [1.29, 1.82) is 0 Å². The number of hydrogen-bond donors (Lipinski definition) is 1. The van der Waals surface area contributed by atoms with Crippen molar-refractivity contribution in [3.8, 4) is 0 Å². The van der Waals surface area contributed by atoms with Crippen molar-refractivity contribution in [1.82, 2.24) is 9.97 Å². The quantitative estimate of drug-likeness (QED) is 0.816. The van der Waals surface area contributed by atoms with Gasteiger partial charge in [-0.3, -0.25) is 4.79 Å². The zero-order valence-corrected chi connectivity index (χ0v) is 10.4. The van der Waals surface area contributed by atoms with Crippen LogP contribution in [0.1, 0.15) is 43.4 Å². The van der Waals surface area contributed by atoms with Gasteiger partial charge in [-0.2, -0.15) is 0 Å². The van der Waals surface area contributed by atoms with Gasteiger partial charge in [-0.15, -0.1) is 0 Å². The van der Waals surface area contributed by atoms with E-state index in [9.17, 15) is 4.79 Å². The van der Waals surface area contributed by atoms with Crippen LogP contribution < -0.4 is 0 Å². The van der Waals surface area contributed by atoms with Gasteiger partial charge in [0.05, 0.1) is 11.0 Å². The summed E-state index contributed by atoms with van der Waals surface area (Å²) in [6.45, 7) is 5.66. The van der Waals surface area contributed by atoms with Crippen molar-refractivity contribution in [3.05, 3.63) is 35.7 Å². The van der Waals surface area contributed by atoms with Crippen LogP contribution in [0.2, 0.25) is 0 Å². The van der Waals surface area contributed by atoms with Crippen molar-refractivity contribution in [2.75, 3.05) is 0 Å². The van der Waals surface area contributed by atoms with Crippen LogP contribution in [-0.2, 0) is 0 Å². The van der Waals surface area contributed by atoms with E-state index in [-0.39, 0.29) is 5.78 Å². The van der Waals surface area contributed by atoms with Crippen molar-refractivity contribution in [2.45, 2.75) is 27.2 Å². The summed E-state index contributed by atoms with van der Waals surface area (Å²) >= 11 is 0. The molecule has 0 unspecified atom stereocenters. The molecule has 0 aliphatic rings. The molecule has 3 nitrogen and oxygen atoms in total. The van der Waals surface area contributed by atoms with Gasteiger partial charge in [0, 0.05) is 5.56 Å². The van der Waals surface area contributed by atoms with Gasteiger partial charge in [-0.05, 0) is 38.0 Å². The Labute approximate surface area is 101 Å². The second kappa shape index (κ2) is 4.53. The number of imidazole rings is 1. The van der Waals surface area contributed by atoms with Gasteiger partial charge >= 0.3 is 0 Å². The Bertz CT molecular complexity index is 593. The molecule has 0 bridgehead atoms. The molecule has 0 amide bonds. The third kappa shape index (κ3) is 2.00. The average Bonchev–Trinajstić information content (AvgIpc) is 2.73. The number of carbonyl (C=O) groups excluding carboxylic acids is 1. The summed E-state index contributed by atoms with van der Waals surface area (Å²) in [6, 6.07) is 5.64. The van der Waals surface area contributed by atoms with E-state index in [1.807, 2.05) is 31.2 Å². The molecule has 0 spiro atoms. The van der Waals surface area contributed by atoms with Crippen LogP contribution in [-0.4, -0.2) is 15.8 Å². The first-order valence-corrected chi connectivity index (χ1v) is 5.82. The van der Waals surface area contributed by atoms with Crippen LogP contribution in [0.5, 0.6) is 0 Å². The number of rotatable bonds is 3. The lowest BCUT2D eigenvalue weighted by Crippen LogP contribution is -1.93. The number of ketones is 1. The standard InChI is InChI=1S/C14H16N2O/c1-4-10(5-2)14-15-12-8-6-7-11(9(3)17)13(12)16-14/h4,6-8H,5H2,1-3H3,(H,15,16)/b10-4+. The van der Waals surface area contributed by atoms with Gasteiger partial charge in [-0.25, -0.2) is 4.98 Å². The fraction of sp³-hybridized carbons (Fsp3) is 0.286. The topological polar surface area (TPSA) is 45.8 Å². The highest BCUT2D eigenvalue weighted by Gasteiger charge is 2.11. The van der Waals surface area contributed by atoms with Gasteiger partial charge in [-0.1, -0.05) is 19.1 Å². The zero-order valence-electron chi connectivity index (χ0n) is 10.4. The molecule has 0 atom stereocenters. The van der Waals surface area contributed by atoms with Gasteiger partial charge in [0.2, 0.25) is 0 Å². The summed E-state index contributed by atoms with van der Waals surface area (Å²) in [7, 11) is 0. The molecule has 0 fully saturated rings. The first kappa shape index (κ1) is 11.6. The van der Waals surface area contributed by atoms with E-state index in [4.69, 9.17) is 0 Å². The number of fused-ring (bicyclic) bond motifs is 1. The number of Topliss-reactive ketones (excluding diaryl/α,β-unsaturated/α-hetero) is 1. The summed E-state index contributed by atoms with van der Waals surface area (Å²) < 4.78 is 0. The summed E-state index contributed by atoms with van der Waals surface area (Å²) in [4.78, 5) is 19.3. The number of hydrogen-bond acceptors (Lipinski definition) is 2. The van der Waals surface area contributed by atoms with Gasteiger partial charge in [0.25, 0.3) is 0 Å². The highest BCUT2D eigenvalue weighted by molar-refractivity contribution is 6.05. The summed E-state index contributed by atoms with van der Waals surface area (Å²) in [5, 5.41) is 0. The maximum Gasteiger partial charge on any atom is 0.162 e. The minimum absolute atomic E-state index is 0.0483. The molecule has 88 valence electrons. The van der Waals surface area contributed by atoms with Crippen molar-refractivity contribution < 1.29 is 4.79 Å². The number of aromatic amines is 1. The van der Waals surface area contributed by atoms with Crippen LogP contribution >= 0.6 is 0 Å². The van der Waals surface area contributed by atoms with Gasteiger partial charge < -0.3 is 4.98 Å². The monoisotopic (exact) mass is 228 g/mol. The number of H-pyrrole nitrogens is 1. The van der Waals surface area contributed by atoms with E-state index in [1.165, 1.54) is 0 Å². The second-order valence-corrected chi connectivity index (χ2v) is 4.01. The first-order chi connectivity index (χ1) is 8.17. The second-order valence-electron chi connectivity index (χ2n) is 4.01. The summed E-state index contributed by atoms with van der Waals surface area (Å²) in [5.74, 6) is 0.908. The Morgan fingerprint density at radius 3 is 2.82 bits per heavy atom. The number of allylic oxidation sites excluding steroid dienone is 2. The molecule has 3 heteroatoms. The van der Waals surface area contributed by atoms with Crippen LogP contribution in [0.3, 0.4) is 0 Å². The van der Waals surface area contributed by atoms with E-state index in [2.05, 4.69) is 16.9 Å². The molecule has 2 aromatic rings. The smallest absolute Gasteiger partial charge is 0.162 e. The molecule has 1 aromatic heterocycles. The Morgan fingerprint density at radius 2 is 2.24 bits per heavy atom. The van der Waals surface area contributed by atoms with Crippen LogP contribution in [0, 0.1) is 0 Å². The summed E-state index contributed by atoms with van der Waals surface area (Å²) in [5.41, 5.74) is 3.52. The van der Waals surface area contributed by atoms with E-state index in [1.54, 1.807) is 6.92 Å². The van der Waals surface area contributed by atoms with E-state index >= 15 is 0 Å². The Hall–Kier alpha value is -1.90. The molecule has 0 saturated carbocycles. The molecule has 1 N–H and O–H groups in total. The SMILES string of the molecule is C/C=C(\CC)c1nc2c(C(C)=O)cccc2[nH]1. The molecule has 1 heterocycles. The zero-order chi connectivity index (χ0) is 12.4. The molecule has 0 saturated heterocycles. The van der Waals surface area contributed by atoms with Crippen LogP contribution in [0.15, 0.2) is 24.3 Å². The lowest BCUT2D eigenvalue weighted by molar-refractivity contribution is 0.101. The number of nitrogens with one attached hydrogen (secondary N) is 1. The third-order valence-corrected chi connectivity index (χ3v) is 2.93. The predicted octanol–water partition coefficient (Wildman–Crippen LogP) is 3.58. The number of aromatic nitrogens is 2. The molecule has 0 radical (unpaired) electrons. The van der Waals surface area contributed by atoms with E-state index in [0.29, 0.717) is 5.56 Å². The Kier molecular flexibility index (Phi) is 3.09. The van der Waals surface area contributed by atoms with Crippen molar-refractivity contribution in [3.63, 3.8) is 0 Å². The minimum atomic E-state index is 0.0483. The highest BCUT2D eigenvalue weighted by atomic mass is 16.1. The van der Waals surface area contributed by atoms with Crippen molar-refractivity contribution in [2.24, 2.45) is 0 Å². The van der Waals surface area contributed by atoms with Crippen LogP contribution in [0.25, 0.3) is 16.6 Å². The molecule has 0 aliphatic carbocycles. The highest BCUT2D eigenvalue weighted by Crippen LogP contribution is 2.22.